The second-order valence-electron chi connectivity index (χ2n) is 8.18. The van der Waals surface area contributed by atoms with Crippen LogP contribution in [0.15, 0.2) is 72.8 Å². The van der Waals surface area contributed by atoms with Crippen molar-refractivity contribution in [2.75, 3.05) is 18.1 Å². The van der Waals surface area contributed by atoms with Gasteiger partial charge >= 0.3 is 5.97 Å². The summed E-state index contributed by atoms with van der Waals surface area (Å²) in [6, 6.07) is 19.2. The van der Waals surface area contributed by atoms with E-state index in [1.807, 2.05) is 18.2 Å². The third kappa shape index (κ3) is 5.99. The number of hydrogen-bond donors (Lipinski definition) is 1. The molecule has 1 saturated heterocycles. The molecule has 1 atom stereocenters. The number of ether oxygens (including phenoxy) is 1. The van der Waals surface area contributed by atoms with Crippen molar-refractivity contribution in [3.63, 3.8) is 0 Å². The Morgan fingerprint density at radius 2 is 1.72 bits per heavy atom. The van der Waals surface area contributed by atoms with Gasteiger partial charge in [0.25, 0.3) is 5.91 Å². The lowest BCUT2D eigenvalue weighted by molar-refractivity contribution is -0.121. The van der Waals surface area contributed by atoms with Crippen LogP contribution in [0.2, 0.25) is 10.0 Å². The SMILES string of the molecule is O=C(OCC(=O)c1ccccc1Cl)c1ccc(N2C(=O)CC(NCCc3cccc(Cl)c3)C2=O)cc1. The van der Waals surface area contributed by atoms with Gasteiger partial charge in [-0.05, 0) is 67.1 Å². The highest BCUT2D eigenvalue weighted by atomic mass is 35.5. The molecule has 3 aromatic rings. The summed E-state index contributed by atoms with van der Waals surface area (Å²) in [4.78, 5) is 51.1. The number of Topliss-reactive ketones (excluding diaryl/α,β-unsaturated/α-hetero) is 1. The molecule has 1 heterocycles. The van der Waals surface area contributed by atoms with Crippen molar-refractivity contribution in [3.05, 3.63) is 99.5 Å². The Hall–Kier alpha value is -3.52. The average molecular weight is 525 g/mol. The lowest BCUT2D eigenvalue weighted by Gasteiger charge is -2.16. The van der Waals surface area contributed by atoms with Crippen LogP contribution in [-0.4, -0.2) is 42.8 Å². The predicted octanol–water partition coefficient (Wildman–Crippen LogP) is 4.50. The molecule has 9 heteroatoms. The van der Waals surface area contributed by atoms with Crippen LogP contribution in [-0.2, 0) is 20.7 Å². The summed E-state index contributed by atoms with van der Waals surface area (Å²) in [5, 5.41) is 4.05. The highest BCUT2D eigenvalue weighted by Gasteiger charge is 2.39. The molecule has 0 spiro atoms. The predicted molar refractivity (Wildman–Crippen MR) is 137 cm³/mol. The molecule has 1 aliphatic heterocycles. The minimum absolute atomic E-state index is 0.0440. The number of imide groups is 1. The van der Waals surface area contributed by atoms with Crippen molar-refractivity contribution in [2.45, 2.75) is 18.9 Å². The summed E-state index contributed by atoms with van der Waals surface area (Å²) in [7, 11) is 0. The summed E-state index contributed by atoms with van der Waals surface area (Å²) in [5.41, 5.74) is 1.83. The molecule has 0 aliphatic carbocycles. The van der Waals surface area contributed by atoms with Crippen molar-refractivity contribution in [1.29, 1.82) is 0 Å². The Bertz CT molecular complexity index is 1310. The largest absolute Gasteiger partial charge is 0.454 e. The first-order valence-electron chi connectivity index (χ1n) is 11.2. The minimum atomic E-state index is -0.707. The number of hydrogen-bond acceptors (Lipinski definition) is 6. The van der Waals surface area contributed by atoms with E-state index in [2.05, 4.69) is 5.32 Å². The smallest absolute Gasteiger partial charge is 0.338 e. The molecule has 184 valence electrons. The fourth-order valence-electron chi connectivity index (χ4n) is 3.87. The number of rotatable bonds is 9. The van der Waals surface area contributed by atoms with Crippen LogP contribution in [0.4, 0.5) is 5.69 Å². The van der Waals surface area contributed by atoms with E-state index in [0.717, 1.165) is 10.5 Å². The van der Waals surface area contributed by atoms with E-state index in [-0.39, 0.29) is 34.4 Å². The fourth-order valence-corrected chi connectivity index (χ4v) is 4.33. The first-order valence-corrected chi connectivity index (χ1v) is 12.0. The molecule has 0 bridgehead atoms. The molecule has 7 nitrogen and oxygen atoms in total. The van der Waals surface area contributed by atoms with Crippen LogP contribution in [0.3, 0.4) is 0 Å². The summed E-state index contributed by atoms with van der Waals surface area (Å²) < 4.78 is 5.10. The molecular weight excluding hydrogens is 503 g/mol. The topological polar surface area (TPSA) is 92.8 Å². The van der Waals surface area contributed by atoms with Gasteiger partial charge in [0.15, 0.2) is 6.61 Å². The molecule has 36 heavy (non-hydrogen) atoms. The highest BCUT2D eigenvalue weighted by molar-refractivity contribution is 6.34. The van der Waals surface area contributed by atoms with Crippen molar-refractivity contribution < 1.29 is 23.9 Å². The van der Waals surface area contributed by atoms with E-state index >= 15 is 0 Å². The molecule has 0 aromatic heterocycles. The summed E-state index contributed by atoms with van der Waals surface area (Å²) in [5.74, 6) is -1.82. The second kappa shape index (κ2) is 11.5. The van der Waals surface area contributed by atoms with Crippen LogP contribution in [0.5, 0.6) is 0 Å². The lowest BCUT2D eigenvalue weighted by Crippen LogP contribution is -2.39. The van der Waals surface area contributed by atoms with E-state index < -0.39 is 24.4 Å². The number of anilines is 1. The number of amides is 2. The molecule has 2 amide bonds. The molecule has 1 fully saturated rings. The molecular formula is C27H22Cl2N2O5. The van der Waals surface area contributed by atoms with Crippen molar-refractivity contribution in [1.82, 2.24) is 5.32 Å². The zero-order valence-electron chi connectivity index (χ0n) is 19.1. The minimum Gasteiger partial charge on any atom is -0.454 e. The van der Waals surface area contributed by atoms with Gasteiger partial charge in [0, 0.05) is 10.6 Å². The Balaban J connectivity index is 1.32. The van der Waals surface area contributed by atoms with Gasteiger partial charge in [-0.25, -0.2) is 9.69 Å². The van der Waals surface area contributed by atoms with Crippen LogP contribution in [0.1, 0.15) is 32.7 Å². The Morgan fingerprint density at radius 1 is 0.972 bits per heavy atom. The Morgan fingerprint density at radius 3 is 2.44 bits per heavy atom. The molecule has 0 radical (unpaired) electrons. The number of carbonyl (C=O) groups is 4. The summed E-state index contributed by atoms with van der Waals surface area (Å²) in [6.45, 7) is 0.0471. The van der Waals surface area contributed by atoms with Crippen LogP contribution < -0.4 is 10.2 Å². The number of nitrogens with zero attached hydrogens (tertiary/aromatic N) is 1. The molecule has 4 rings (SSSR count). The third-order valence-electron chi connectivity index (χ3n) is 5.71. The second-order valence-corrected chi connectivity index (χ2v) is 9.03. The van der Waals surface area contributed by atoms with E-state index in [0.29, 0.717) is 23.7 Å². The highest BCUT2D eigenvalue weighted by Crippen LogP contribution is 2.24. The van der Waals surface area contributed by atoms with E-state index in [1.54, 1.807) is 30.3 Å². The number of nitrogens with one attached hydrogen (secondary N) is 1. The Labute approximate surface area is 218 Å². The van der Waals surface area contributed by atoms with E-state index in [1.165, 1.54) is 24.3 Å². The normalized spacial score (nSPS) is 15.3. The monoisotopic (exact) mass is 524 g/mol. The number of carbonyl (C=O) groups excluding carboxylic acids is 4. The van der Waals surface area contributed by atoms with Gasteiger partial charge in [0.05, 0.1) is 28.7 Å². The first-order chi connectivity index (χ1) is 17.3. The number of halogens is 2. The fraction of sp³-hybridized carbons (Fsp3) is 0.185. The van der Waals surface area contributed by atoms with Crippen LogP contribution >= 0.6 is 23.2 Å². The maximum atomic E-state index is 12.9. The van der Waals surface area contributed by atoms with Crippen molar-refractivity contribution in [2.24, 2.45) is 0 Å². The number of esters is 1. The quantitative estimate of drug-likeness (QED) is 0.251. The Kier molecular flexibility index (Phi) is 8.15. The van der Waals surface area contributed by atoms with Crippen molar-refractivity contribution in [3.8, 4) is 0 Å². The lowest BCUT2D eigenvalue weighted by atomic mass is 10.1. The van der Waals surface area contributed by atoms with Gasteiger partial charge in [-0.1, -0.05) is 47.5 Å². The van der Waals surface area contributed by atoms with Gasteiger partial charge in [-0.15, -0.1) is 0 Å². The molecule has 3 aromatic carbocycles. The van der Waals surface area contributed by atoms with Crippen molar-refractivity contribution >= 4 is 52.5 Å². The van der Waals surface area contributed by atoms with Crippen LogP contribution in [0.25, 0.3) is 0 Å². The molecule has 1 aliphatic rings. The number of benzene rings is 3. The molecule has 1 N–H and O–H groups in total. The maximum absolute atomic E-state index is 12.9. The van der Waals surface area contributed by atoms with Gasteiger partial charge in [0.2, 0.25) is 11.7 Å². The molecule has 0 saturated carbocycles. The standard InChI is InChI=1S/C27H22Cl2N2O5/c28-19-5-3-4-17(14-19)12-13-30-23-15-25(33)31(26(23)34)20-10-8-18(9-11-20)27(35)36-16-24(32)21-6-1-2-7-22(21)29/h1-11,14,23,30H,12-13,15-16H2. The van der Waals surface area contributed by atoms with E-state index in [9.17, 15) is 19.2 Å². The van der Waals surface area contributed by atoms with Gasteiger partial charge in [0.1, 0.15) is 0 Å². The maximum Gasteiger partial charge on any atom is 0.338 e. The number of ketones is 1. The summed E-state index contributed by atoms with van der Waals surface area (Å²) >= 11 is 12.0. The molecule has 1 unspecified atom stereocenters. The van der Waals surface area contributed by atoms with Gasteiger partial charge in [-0.3, -0.25) is 14.4 Å². The third-order valence-corrected chi connectivity index (χ3v) is 6.27. The zero-order chi connectivity index (χ0) is 25.7. The van der Waals surface area contributed by atoms with E-state index in [4.69, 9.17) is 27.9 Å². The average Bonchev–Trinajstić information content (AvgIpc) is 3.15. The summed E-state index contributed by atoms with van der Waals surface area (Å²) in [6.07, 6.45) is 0.705. The van der Waals surface area contributed by atoms with Gasteiger partial charge in [-0.2, -0.15) is 0 Å². The van der Waals surface area contributed by atoms with Gasteiger partial charge < -0.3 is 10.1 Å². The van der Waals surface area contributed by atoms with Crippen LogP contribution in [0, 0.1) is 0 Å². The zero-order valence-corrected chi connectivity index (χ0v) is 20.6. The first kappa shape index (κ1) is 25.6.